The summed E-state index contributed by atoms with van der Waals surface area (Å²) in [4.78, 5) is 30.1. The van der Waals surface area contributed by atoms with Gasteiger partial charge in [-0.25, -0.2) is 0 Å². The minimum atomic E-state index is -2.64. The van der Waals surface area contributed by atoms with Crippen LogP contribution in [0.2, 0.25) is 0 Å². The number of rotatable bonds is 2. The molecule has 9 N–H and O–H groups in total. The molecule has 1 aromatic rings. The second kappa shape index (κ2) is 6.57. The summed E-state index contributed by atoms with van der Waals surface area (Å²) >= 11 is 0. The average molecular weight is 428 g/mol. The number of fused-ring (bicyclic) bond motifs is 3. The minimum Gasteiger partial charge on any atom is -0.507 e. The maximum Gasteiger partial charge on any atom is 0.254 e. The van der Waals surface area contributed by atoms with Crippen LogP contribution in [0.3, 0.4) is 0 Å². The summed E-state index contributed by atoms with van der Waals surface area (Å²) in [5, 5.41) is 55.0. The van der Waals surface area contributed by atoms with Crippen LogP contribution in [0.15, 0.2) is 34.2 Å². The van der Waals surface area contributed by atoms with E-state index in [9.17, 15) is 30.0 Å². The monoisotopic (exact) mass is 428 g/mol. The average Bonchev–Trinajstić information content (AvgIpc) is 2.70. The molecule has 1 amide bonds. The van der Waals surface area contributed by atoms with Crippen molar-refractivity contribution in [3.05, 3.63) is 40.2 Å². The zero-order valence-electron chi connectivity index (χ0n) is 16.3. The topological polar surface area (TPSA) is 213 Å². The number of aliphatic hydroxyl groups excluding tert-OH is 2. The van der Waals surface area contributed by atoms with E-state index in [1.165, 1.54) is 19.2 Å². The molecule has 4 rings (SSSR count). The zero-order chi connectivity index (χ0) is 22.8. The van der Waals surface area contributed by atoms with Crippen LogP contribution in [0, 0.1) is 17.2 Å². The number of ketones is 1. The molecule has 11 heteroatoms. The number of primary amides is 1. The fraction of sp³-hybridized carbons (Fsp3) is 0.300. The number of Topliss-reactive ketones (excluding diaryl/α,β-unsaturated/α-hetero) is 1. The highest BCUT2D eigenvalue weighted by atomic mass is 16.6. The summed E-state index contributed by atoms with van der Waals surface area (Å²) < 4.78 is 0. The molecule has 0 unspecified atom stereocenters. The Morgan fingerprint density at radius 1 is 1.29 bits per heavy atom. The second-order valence-corrected chi connectivity index (χ2v) is 7.70. The summed E-state index contributed by atoms with van der Waals surface area (Å²) in [6.07, 6.45) is 0.102. The van der Waals surface area contributed by atoms with Gasteiger partial charge in [0, 0.05) is 11.3 Å². The van der Waals surface area contributed by atoms with E-state index in [1.54, 1.807) is 0 Å². The zero-order valence-corrected chi connectivity index (χ0v) is 16.3. The van der Waals surface area contributed by atoms with Gasteiger partial charge >= 0.3 is 0 Å². The molecule has 0 aliphatic heterocycles. The number of anilines is 1. The Morgan fingerprint density at radius 3 is 2.58 bits per heavy atom. The highest BCUT2D eigenvalue weighted by Crippen LogP contribution is 2.51. The number of benzene rings is 1. The van der Waals surface area contributed by atoms with E-state index in [0.717, 1.165) is 0 Å². The van der Waals surface area contributed by atoms with Crippen molar-refractivity contribution in [1.82, 2.24) is 0 Å². The van der Waals surface area contributed by atoms with Crippen LogP contribution in [0.4, 0.5) is 5.69 Å². The number of oxime groups is 1. The molecule has 1 aromatic carbocycles. The Kier molecular flexibility index (Phi) is 4.33. The van der Waals surface area contributed by atoms with Gasteiger partial charge in [0.25, 0.3) is 5.91 Å². The van der Waals surface area contributed by atoms with Crippen molar-refractivity contribution in [3.63, 3.8) is 0 Å². The summed E-state index contributed by atoms with van der Waals surface area (Å²) in [5.74, 6) is -5.85. The minimum absolute atomic E-state index is 0.0247. The first-order valence-corrected chi connectivity index (χ1v) is 9.30. The molecule has 0 heterocycles. The van der Waals surface area contributed by atoms with Crippen molar-refractivity contribution < 1.29 is 34.9 Å². The molecular weight excluding hydrogens is 408 g/mol. The van der Waals surface area contributed by atoms with Gasteiger partial charge in [-0.05, 0) is 36.5 Å². The molecule has 0 aromatic heterocycles. The van der Waals surface area contributed by atoms with Crippen molar-refractivity contribution in [2.45, 2.75) is 18.4 Å². The molecule has 0 spiro atoms. The molecule has 11 nitrogen and oxygen atoms in total. The van der Waals surface area contributed by atoms with Gasteiger partial charge in [0.15, 0.2) is 11.4 Å². The van der Waals surface area contributed by atoms with E-state index < -0.39 is 51.9 Å². The smallest absolute Gasteiger partial charge is 0.254 e. The molecule has 3 aliphatic rings. The number of allylic oxidation sites excluding steroid dienone is 1. The van der Waals surface area contributed by atoms with Gasteiger partial charge in [-0.3, -0.25) is 9.59 Å². The van der Waals surface area contributed by atoms with E-state index in [-0.39, 0.29) is 35.4 Å². The third-order valence-electron chi connectivity index (χ3n) is 6.17. The van der Waals surface area contributed by atoms with Gasteiger partial charge in [0.1, 0.15) is 29.9 Å². The predicted molar refractivity (Wildman–Crippen MR) is 108 cm³/mol. The van der Waals surface area contributed by atoms with Gasteiger partial charge < -0.3 is 42.1 Å². The van der Waals surface area contributed by atoms with Crippen molar-refractivity contribution in [2.24, 2.45) is 22.7 Å². The van der Waals surface area contributed by atoms with Gasteiger partial charge in [-0.2, -0.15) is 0 Å². The number of nitrogens with one attached hydrogen (secondary N) is 1. The number of phenols is 1. The molecule has 0 radical (unpaired) electrons. The SMILES string of the molecule is CO/N=C1\C(O)=C(C(N)=O)C(=N)[C@@]2(O)C(=O)C3=C(O)c4c(O)ccc(N)c4C[C@H]3C[C@@H]12. The molecule has 3 atom stereocenters. The van der Waals surface area contributed by atoms with Crippen LogP contribution >= 0.6 is 0 Å². The number of hydrogen-bond acceptors (Lipinski definition) is 10. The van der Waals surface area contributed by atoms with Crippen molar-refractivity contribution in [3.8, 4) is 5.75 Å². The third-order valence-corrected chi connectivity index (χ3v) is 6.17. The Balaban J connectivity index is 1.98. The highest BCUT2D eigenvalue weighted by Gasteiger charge is 2.62. The third kappa shape index (κ3) is 2.49. The van der Waals surface area contributed by atoms with E-state index in [0.29, 0.717) is 11.3 Å². The lowest BCUT2D eigenvalue weighted by atomic mass is 9.58. The molecule has 3 aliphatic carbocycles. The predicted octanol–water partition coefficient (Wildman–Crippen LogP) is 0.0691. The van der Waals surface area contributed by atoms with Gasteiger partial charge in [-0.15, -0.1) is 0 Å². The molecule has 0 bridgehead atoms. The summed E-state index contributed by atoms with van der Waals surface area (Å²) in [5.41, 5.74) is 7.14. The maximum absolute atomic E-state index is 13.5. The number of aromatic hydroxyl groups is 1. The van der Waals surface area contributed by atoms with Crippen LogP contribution in [0.5, 0.6) is 5.75 Å². The van der Waals surface area contributed by atoms with Gasteiger partial charge in [0.05, 0.1) is 17.2 Å². The number of nitrogen functional groups attached to an aromatic ring is 1. The Hall–Kier alpha value is -3.86. The second-order valence-electron chi connectivity index (χ2n) is 7.70. The Bertz CT molecular complexity index is 1170. The van der Waals surface area contributed by atoms with E-state index >= 15 is 0 Å². The number of nitrogens with zero attached hydrogens (tertiary/aromatic N) is 1. The number of amides is 1. The lowest BCUT2D eigenvalue weighted by Gasteiger charge is -2.46. The number of phenolic OH excluding ortho intramolecular Hbond substituents is 1. The molecular formula is C20H20N4O7. The lowest BCUT2D eigenvalue weighted by Crippen LogP contribution is -2.64. The number of carbonyl (C=O) groups is 2. The van der Waals surface area contributed by atoms with Crippen molar-refractivity contribution in [1.29, 1.82) is 5.41 Å². The summed E-state index contributed by atoms with van der Waals surface area (Å²) in [6.45, 7) is 0. The first-order valence-electron chi connectivity index (χ1n) is 9.30. The van der Waals surface area contributed by atoms with Gasteiger partial charge in [-0.1, -0.05) is 5.16 Å². The molecule has 1 saturated carbocycles. The largest absolute Gasteiger partial charge is 0.507 e. The Morgan fingerprint density at radius 2 is 1.97 bits per heavy atom. The first kappa shape index (κ1) is 20.4. The first-order chi connectivity index (χ1) is 14.5. The normalized spacial score (nSPS) is 28.9. The van der Waals surface area contributed by atoms with Crippen LogP contribution in [-0.4, -0.2) is 56.3 Å². The quantitative estimate of drug-likeness (QED) is 0.194. The van der Waals surface area contributed by atoms with Crippen molar-refractivity contribution >= 4 is 34.6 Å². The standard InChI is InChI=1S/C20H20N4O7/c1-31-24-14-8-5-6-4-7-9(21)2-3-10(25)12(7)15(26)11(6)18(28)20(8,30)17(22)13(16(14)27)19(23)29/h2-3,6,8,22,25-27,30H,4-5,21H2,1H3,(H2,23,29)/b22-17?,24-14-/t6-,8-,20+/m0/s1. The van der Waals surface area contributed by atoms with E-state index in [2.05, 4.69) is 5.16 Å². The van der Waals surface area contributed by atoms with Gasteiger partial charge in [0.2, 0.25) is 5.78 Å². The number of aliphatic hydroxyl groups is 3. The van der Waals surface area contributed by atoms with Crippen LogP contribution in [-0.2, 0) is 20.8 Å². The molecule has 31 heavy (non-hydrogen) atoms. The fourth-order valence-corrected chi connectivity index (χ4v) is 4.77. The Labute approximate surface area is 175 Å². The number of nitrogens with two attached hydrogens (primary N) is 2. The highest BCUT2D eigenvalue weighted by molar-refractivity contribution is 6.39. The summed E-state index contributed by atoms with van der Waals surface area (Å²) in [7, 11) is 1.17. The van der Waals surface area contributed by atoms with Crippen molar-refractivity contribution in [2.75, 3.05) is 12.8 Å². The van der Waals surface area contributed by atoms with E-state index in [4.69, 9.17) is 21.7 Å². The molecule has 1 fully saturated rings. The molecule has 0 saturated heterocycles. The van der Waals surface area contributed by atoms with E-state index in [1.807, 2.05) is 0 Å². The molecule has 162 valence electrons. The fourth-order valence-electron chi connectivity index (χ4n) is 4.77. The lowest BCUT2D eigenvalue weighted by molar-refractivity contribution is -0.133. The number of carbonyl (C=O) groups excluding carboxylic acids is 2. The number of hydrogen-bond donors (Lipinski definition) is 7. The van der Waals surface area contributed by atoms with Crippen LogP contribution in [0.25, 0.3) is 5.76 Å². The van der Waals surface area contributed by atoms with Crippen LogP contribution in [0.1, 0.15) is 17.5 Å². The summed E-state index contributed by atoms with van der Waals surface area (Å²) in [6, 6.07) is 2.74. The van der Waals surface area contributed by atoms with Crippen LogP contribution < -0.4 is 11.5 Å². The maximum atomic E-state index is 13.5.